The SMILES string of the molecule is NNc1nc(NCCCS(N)(=O)=O)cc(C(F)(F)F)n1. The molecule has 8 nitrogen and oxygen atoms in total. The van der Waals surface area contributed by atoms with E-state index in [1.165, 1.54) is 0 Å². The summed E-state index contributed by atoms with van der Waals surface area (Å²) in [5.74, 6) is 4.15. The molecule has 1 aromatic heterocycles. The van der Waals surface area contributed by atoms with Crippen molar-refractivity contribution >= 4 is 21.8 Å². The van der Waals surface area contributed by atoms with Gasteiger partial charge in [0.15, 0.2) is 5.69 Å². The molecule has 6 N–H and O–H groups in total. The van der Waals surface area contributed by atoms with E-state index in [4.69, 9.17) is 11.0 Å². The van der Waals surface area contributed by atoms with Gasteiger partial charge in [-0.2, -0.15) is 18.2 Å². The molecular formula is C8H13F3N6O2S. The molecule has 114 valence electrons. The van der Waals surface area contributed by atoms with Crippen molar-refractivity contribution in [2.24, 2.45) is 11.0 Å². The molecule has 0 amide bonds. The summed E-state index contributed by atoms with van der Waals surface area (Å²) in [5, 5.41) is 7.32. The molecular weight excluding hydrogens is 301 g/mol. The zero-order chi connectivity index (χ0) is 15.4. The van der Waals surface area contributed by atoms with E-state index in [0.29, 0.717) is 6.07 Å². The van der Waals surface area contributed by atoms with Crippen molar-refractivity contribution in [2.45, 2.75) is 12.6 Å². The predicted octanol–water partition coefficient (Wildman–Crippen LogP) is -0.128. The predicted molar refractivity (Wildman–Crippen MR) is 65.9 cm³/mol. The fourth-order valence-electron chi connectivity index (χ4n) is 1.24. The molecule has 1 heterocycles. The van der Waals surface area contributed by atoms with Gasteiger partial charge in [-0.1, -0.05) is 0 Å². The number of sulfonamides is 1. The number of hydrogen-bond acceptors (Lipinski definition) is 7. The minimum atomic E-state index is -4.65. The summed E-state index contributed by atoms with van der Waals surface area (Å²) in [7, 11) is -3.61. The first-order valence-corrected chi connectivity index (χ1v) is 7.00. The first-order valence-electron chi connectivity index (χ1n) is 5.29. The zero-order valence-corrected chi connectivity index (χ0v) is 10.9. The van der Waals surface area contributed by atoms with E-state index in [2.05, 4.69) is 15.3 Å². The summed E-state index contributed by atoms with van der Waals surface area (Å²) in [5.41, 5.74) is 0.745. The van der Waals surface area contributed by atoms with Gasteiger partial charge >= 0.3 is 6.18 Å². The van der Waals surface area contributed by atoms with Crippen molar-refractivity contribution in [3.63, 3.8) is 0 Å². The Bertz CT molecular complexity index is 562. The Balaban J connectivity index is 2.75. The van der Waals surface area contributed by atoms with Crippen LogP contribution in [-0.2, 0) is 16.2 Å². The topological polar surface area (TPSA) is 136 Å². The molecule has 1 rings (SSSR count). The number of nitrogens with one attached hydrogen (secondary N) is 2. The van der Waals surface area contributed by atoms with Gasteiger partial charge in [0.05, 0.1) is 5.75 Å². The molecule has 0 aliphatic heterocycles. The molecule has 0 aliphatic carbocycles. The molecule has 0 radical (unpaired) electrons. The molecule has 0 bridgehead atoms. The smallest absolute Gasteiger partial charge is 0.370 e. The Morgan fingerprint density at radius 2 is 1.95 bits per heavy atom. The van der Waals surface area contributed by atoms with Crippen LogP contribution in [0.1, 0.15) is 12.1 Å². The average Bonchev–Trinajstić information content (AvgIpc) is 2.32. The Morgan fingerprint density at radius 1 is 1.30 bits per heavy atom. The van der Waals surface area contributed by atoms with Gasteiger partial charge < -0.3 is 5.32 Å². The summed E-state index contributed by atoms with van der Waals surface area (Å²) in [6.07, 6.45) is -4.53. The van der Waals surface area contributed by atoms with Gasteiger partial charge in [-0.25, -0.2) is 24.4 Å². The normalized spacial score (nSPS) is 12.2. The highest BCUT2D eigenvalue weighted by Crippen LogP contribution is 2.29. The molecule has 12 heteroatoms. The van der Waals surface area contributed by atoms with E-state index in [-0.39, 0.29) is 24.5 Å². The largest absolute Gasteiger partial charge is 0.433 e. The summed E-state index contributed by atoms with van der Waals surface area (Å²) < 4.78 is 59.0. The van der Waals surface area contributed by atoms with Gasteiger partial charge in [-0.05, 0) is 6.42 Å². The number of halogens is 3. The molecule has 1 aromatic rings. The highest BCUT2D eigenvalue weighted by molar-refractivity contribution is 7.89. The maximum atomic E-state index is 12.5. The number of nitrogen functional groups attached to an aromatic ring is 1. The van der Waals surface area contributed by atoms with Gasteiger partial charge in [0.25, 0.3) is 0 Å². The minimum Gasteiger partial charge on any atom is -0.370 e. The quantitative estimate of drug-likeness (QED) is 0.326. The van der Waals surface area contributed by atoms with Crippen LogP contribution in [-0.4, -0.2) is 30.7 Å². The van der Waals surface area contributed by atoms with Crippen molar-refractivity contribution in [1.29, 1.82) is 0 Å². The molecule has 20 heavy (non-hydrogen) atoms. The lowest BCUT2D eigenvalue weighted by Crippen LogP contribution is -2.20. The summed E-state index contributed by atoms with van der Waals surface area (Å²) >= 11 is 0. The van der Waals surface area contributed by atoms with Crippen LogP contribution in [0.3, 0.4) is 0 Å². The molecule has 0 spiro atoms. The van der Waals surface area contributed by atoms with Crippen LogP contribution in [0.25, 0.3) is 0 Å². The Labute approximate surface area is 112 Å². The van der Waals surface area contributed by atoms with Crippen LogP contribution in [0.5, 0.6) is 0 Å². The summed E-state index contributed by atoms with van der Waals surface area (Å²) in [4.78, 5) is 6.82. The van der Waals surface area contributed by atoms with Crippen LogP contribution in [0.15, 0.2) is 6.07 Å². The lowest BCUT2D eigenvalue weighted by Gasteiger charge is -2.11. The number of hydrazine groups is 1. The maximum Gasteiger partial charge on any atom is 0.433 e. The van der Waals surface area contributed by atoms with Gasteiger partial charge in [0.1, 0.15) is 5.82 Å². The second-order valence-electron chi connectivity index (χ2n) is 3.75. The van der Waals surface area contributed by atoms with Crippen LogP contribution >= 0.6 is 0 Å². The number of nitrogens with zero attached hydrogens (tertiary/aromatic N) is 2. The standard InChI is InChI=1S/C8H13F3N6O2S/c9-8(10,11)5-4-6(16-7(15-5)17-12)14-2-1-3-20(13,18)19/h4H,1-3,12H2,(H2,13,18,19)(H2,14,15,16,17). The number of anilines is 2. The Kier molecular flexibility index (Phi) is 5.08. The highest BCUT2D eigenvalue weighted by Gasteiger charge is 2.33. The van der Waals surface area contributed by atoms with Crippen molar-refractivity contribution in [1.82, 2.24) is 9.97 Å². The zero-order valence-electron chi connectivity index (χ0n) is 10.1. The van der Waals surface area contributed by atoms with Crippen molar-refractivity contribution in [3.05, 3.63) is 11.8 Å². The first kappa shape index (κ1) is 16.4. The van der Waals surface area contributed by atoms with E-state index in [9.17, 15) is 21.6 Å². The van der Waals surface area contributed by atoms with E-state index in [1.54, 1.807) is 0 Å². The second kappa shape index (κ2) is 6.19. The lowest BCUT2D eigenvalue weighted by atomic mass is 10.3. The fraction of sp³-hybridized carbons (Fsp3) is 0.500. The molecule has 0 aromatic carbocycles. The molecule has 0 aliphatic rings. The van der Waals surface area contributed by atoms with Gasteiger partial charge in [-0.3, -0.25) is 5.43 Å². The van der Waals surface area contributed by atoms with Crippen molar-refractivity contribution in [2.75, 3.05) is 23.0 Å². The minimum absolute atomic E-state index is 0.0781. The van der Waals surface area contributed by atoms with Crippen LogP contribution in [0.2, 0.25) is 0 Å². The number of nitrogens with two attached hydrogens (primary N) is 2. The number of hydrogen-bond donors (Lipinski definition) is 4. The second-order valence-corrected chi connectivity index (χ2v) is 5.49. The van der Waals surface area contributed by atoms with Crippen molar-refractivity contribution in [3.8, 4) is 0 Å². The first-order chi connectivity index (χ1) is 9.12. The average molecular weight is 314 g/mol. The van der Waals surface area contributed by atoms with Crippen LogP contribution < -0.4 is 21.7 Å². The molecule has 0 fully saturated rings. The van der Waals surface area contributed by atoms with Crippen molar-refractivity contribution < 1.29 is 21.6 Å². The van der Waals surface area contributed by atoms with E-state index in [0.717, 1.165) is 0 Å². The van der Waals surface area contributed by atoms with E-state index < -0.39 is 27.8 Å². The molecule has 0 saturated carbocycles. The number of aromatic nitrogens is 2. The monoisotopic (exact) mass is 314 g/mol. The third-order valence-electron chi connectivity index (χ3n) is 2.06. The Hall–Kier alpha value is -1.66. The molecule has 0 atom stereocenters. The number of rotatable bonds is 6. The van der Waals surface area contributed by atoms with E-state index >= 15 is 0 Å². The summed E-state index contributed by atoms with van der Waals surface area (Å²) in [6.45, 7) is 0.0781. The molecule has 0 unspecified atom stereocenters. The van der Waals surface area contributed by atoms with Crippen LogP contribution in [0, 0.1) is 0 Å². The number of primary sulfonamides is 1. The third-order valence-corrected chi connectivity index (χ3v) is 2.92. The number of alkyl halides is 3. The maximum absolute atomic E-state index is 12.5. The van der Waals surface area contributed by atoms with E-state index in [1.807, 2.05) is 5.43 Å². The van der Waals surface area contributed by atoms with Gasteiger partial charge in [0, 0.05) is 12.6 Å². The Morgan fingerprint density at radius 3 is 2.45 bits per heavy atom. The fourth-order valence-corrected chi connectivity index (χ4v) is 1.78. The van der Waals surface area contributed by atoms with Gasteiger partial charge in [0.2, 0.25) is 16.0 Å². The third kappa shape index (κ3) is 5.54. The van der Waals surface area contributed by atoms with Gasteiger partial charge in [-0.15, -0.1) is 0 Å². The highest BCUT2D eigenvalue weighted by atomic mass is 32.2. The van der Waals surface area contributed by atoms with Crippen LogP contribution in [0.4, 0.5) is 24.9 Å². The molecule has 0 saturated heterocycles. The lowest BCUT2D eigenvalue weighted by molar-refractivity contribution is -0.141. The summed E-state index contributed by atoms with van der Waals surface area (Å²) in [6, 6.07) is 0.692.